The molecule has 1 aliphatic rings. The highest BCUT2D eigenvalue weighted by molar-refractivity contribution is 5.95. The Hall–Kier alpha value is -1.91. The minimum atomic E-state index is -0.318. The Labute approximate surface area is 132 Å². The third-order valence-corrected chi connectivity index (χ3v) is 3.36. The highest BCUT2D eigenvalue weighted by Crippen LogP contribution is 2.35. The Morgan fingerprint density at radius 1 is 1.45 bits per heavy atom. The number of nitrogens with zero attached hydrogens (tertiary/aromatic N) is 1. The van der Waals surface area contributed by atoms with Crippen LogP contribution in [0.4, 0.5) is 5.69 Å². The number of fused-ring (bicyclic) bond motifs is 1. The van der Waals surface area contributed by atoms with Crippen LogP contribution in [0.25, 0.3) is 0 Å². The average molecular weight is 306 g/mol. The smallest absolute Gasteiger partial charge is 0.293 e. The summed E-state index contributed by atoms with van der Waals surface area (Å²) in [6, 6.07) is 1.87. The molecule has 1 aliphatic heterocycles. The third kappa shape index (κ3) is 4.83. The molecule has 0 atom stereocenters. The second-order valence-electron chi connectivity index (χ2n) is 6.96. The predicted molar refractivity (Wildman–Crippen MR) is 87.3 cm³/mol. The molecule has 22 heavy (non-hydrogen) atoms. The second-order valence-corrected chi connectivity index (χ2v) is 6.96. The molecule has 2 rings (SSSR count). The SMILES string of the molecule is CC(C)(C)OC=O.CCC(=O)c1cc2c(cn1)C(C)(C)CN2. The van der Waals surface area contributed by atoms with Crippen molar-refractivity contribution in [2.75, 3.05) is 11.9 Å². The zero-order chi connectivity index (χ0) is 17.0. The summed E-state index contributed by atoms with van der Waals surface area (Å²) in [7, 11) is 0. The number of hydrogen-bond donors (Lipinski definition) is 1. The van der Waals surface area contributed by atoms with Crippen molar-refractivity contribution in [3.63, 3.8) is 0 Å². The summed E-state index contributed by atoms with van der Waals surface area (Å²) >= 11 is 0. The van der Waals surface area contributed by atoms with E-state index >= 15 is 0 Å². The van der Waals surface area contributed by atoms with Gasteiger partial charge >= 0.3 is 0 Å². The Balaban J connectivity index is 0.000000295. The van der Waals surface area contributed by atoms with Gasteiger partial charge in [-0.3, -0.25) is 14.6 Å². The van der Waals surface area contributed by atoms with Crippen LogP contribution in [0.5, 0.6) is 0 Å². The van der Waals surface area contributed by atoms with Crippen molar-refractivity contribution in [2.45, 2.75) is 59.0 Å². The summed E-state index contributed by atoms with van der Waals surface area (Å²) in [5, 5.41) is 3.32. The predicted octanol–water partition coefficient (Wildman–Crippen LogP) is 3.34. The average Bonchev–Trinajstić information content (AvgIpc) is 2.72. The van der Waals surface area contributed by atoms with E-state index in [0.29, 0.717) is 18.6 Å². The first-order valence-electron chi connectivity index (χ1n) is 7.50. The molecule has 0 amide bonds. The van der Waals surface area contributed by atoms with E-state index in [4.69, 9.17) is 0 Å². The summed E-state index contributed by atoms with van der Waals surface area (Å²) in [5.74, 6) is 0.101. The summed E-state index contributed by atoms with van der Waals surface area (Å²) in [6.07, 6.45) is 2.34. The fraction of sp³-hybridized carbons (Fsp3) is 0.588. The molecule has 2 heterocycles. The number of anilines is 1. The molecule has 0 aromatic carbocycles. The van der Waals surface area contributed by atoms with Crippen LogP contribution in [0.2, 0.25) is 0 Å². The van der Waals surface area contributed by atoms with Gasteiger partial charge < -0.3 is 10.1 Å². The Morgan fingerprint density at radius 3 is 2.55 bits per heavy atom. The van der Waals surface area contributed by atoms with Crippen LogP contribution < -0.4 is 5.32 Å². The van der Waals surface area contributed by atoms with Crippen molar-refractivity contribution in [3.8, 4) is 0 Å². The van der Waals surface area contributed by atoms with Crippen molar-refractivity contribution in [2.24, 2.45) is 0 Å². The second kappa shape index (κ2) is 6.90. The Bertz CT molecular complexity index is 545. The van der Waals surface area contributed by atoms with Gasteiger partial charge in [-0.15, -0.1) is 0 Å². The molecular weight excluding hydrogens is 280 g/mol. The lowest BCUT2D eigenvalue weighted by molar-refractivity contribution is -0.138. The van der Waals surface area contributed by atoms with Gasteiger partial charge in [0.15, 0.2) is 5.78 Å². The van der Waals surface area contributed by atoms with E-state index in [1.165, 1.54) is 5.56 Å². The minimum absolute atomic E-state index is 0.101. The molecule has 1 N–H and O–H groups in total. The molecule has 0 fully saturated rings. The third-order valence-electron chi connectivity index (χ3n) is 3.36. The van der Waals surface area contributed by atoms with Gasteiger partial charge in [-0.1, -0.05) is 20.8 Å². The number of carbonyl (C=O) groups is 2. The van der Waals surface area contributed by atoms with Crippen LogP contribution in [-0.2, 0) is 14.9 Å². The molecule has 0 saturated carbocycles. The van der Waals surface area contributed by atoms with Gasteiger partial charge in [0, 0.05) is 35.8 Å². The molecule has 0 spiro atoms. The number of aromatic nitrogens is 1. The molecule has 1 aromatic rings. The molecule has 0 aliphatic carbocycles. The van der Waals surface area contributed by atoms with Crippen molar-refractivity contribution >= 4 is 17.9 Å². The van der Waals surface area contributed by atoms with Crippen LogP contribution >= 0.6 is 0 Å². The molecule has 5 heteroatoms. The lowest BCUT2D eigenvalue weighted by atomic mass is 9.88. The fourth-order valence-electron chi connectivity index (χ4n) is 2.03. The summed E-state index contributed by atoms with van der Waals surface area (Å²) in [6.45, 7) is 13.0. The lowest BCUT2D eigenvalue weighted by Gasteiger charge is -2.16. The Kier molecular flexibility index (Phi) is 5.69. The van der Waals surface area contributed by atoms with E-state index in [2.05, 4.69) is 28.9 Å². The number of carbonyl (C=O) groups excluding carboxylic acids is 2. The molecular formula is C17H26N2O3. The lowest BCUT2D eigenvalue weighted by Crippen LogP contribution is -2.19. The molecule has 0 radical (unpaired) electrons. The number of Topliss-reactive ketones (excluding diaryl/α,β-unsaturated/α-hetero) is 1. The maximum absolute atomic E-state index is 11.5. The van der Waals surface area contributed by atoms with E-state index in [0.717, 1.165) is 12.2 Å². The fourth-order valence-corrected chi connectivity index (χ4v) is 2.03. The van der Waals surface area contributed by atoms with Gasteiger partial charge in [0.25, 0.3) is 6.47 Å². The largest absolute Gasteiger partial charge is 0.462 e. The number of ketones is 1. The quantitative estimate of drug-likeness (QED) is 0.685. The van der Waals surface area contributed by atoms with Crippen LogP contribution in [0.1, 0.15) is 64.0 Å². The van der Waals surface area contributed by atoms with E-state index in [-0.39, 0.29) is 16.8 Å². The van der Waals surface area contributed by atoms with Gasteiger partial charge in [0.1, 0.15) is 11.3 Å². The number of nitrogens with one attached hydrogen (secondary N) is 1. The van der Waals surface area contributed by atoms with Crippen LogP contribution in [0.15, 0.2) is 12.3 Å². The van der Waals surface area contributed by atoms with E-state index in [9.17, 15) is 9.59 Å². The number of ether oxygens (including phenoxy) is 1. The molecule has 0 bridgehead atoms. The molecule has 122 valence electrons. The summed E-state index contributed by atoms with van der Waals surface area (Å²) in [5.41, 5.74) is 2.64. The maximum Gasteiger partial charge on any atom is 0.293 e. The first kappa shape index (κ1) is 18.1. The van der Waals surface area contributed by atoms with Crippen molar-refractivity contribution in [3.05, 3.63) is 23.5 Å². The van der Waals surface area contributed by atoms with E-state index < -0.39 is 0 Å². The number of hydrogen-bond acceptors (Lipinski definition) is 5. The first-order chi connectivity index (χ1) is 10.1. The number of pyridine rings is 1. The highest BCUT2D eigenvalue weighted by Gasteiger charge is 2.30. The molecule has 0 saturated heterocycles. The van der Waals surface area contributed by atoms with Crippen LogP contribution in [0.3, 0.4) is 0 Å². The zero-order valence-electron chi connectivity index (χ0n) is 14.3. The maximum atomic E-state index is 11.5. The topological polar surface area (TPSA) is 68.3 Å². The monoisotopic (exact) mass is 306 g/mol. The van der Waals surface area contributed by atoms with Gasteiger partial charge in [-0.25, -0.2) is 0 Å². The Morgan fingerprint density at radius 2 is 2.09 bits per heavy atom. The number of rotatable bonds is 3. The van der Waals surface area contributed by atoms with Crippen molar-refractivity contribution < 1.29 is 14.3 Å². The van der Waals surface area contributed by atoms with Gasteiger partial charge in [0.05, 0.1) is 0 Å². The zero-order valence-corrected chi connectivity index (χ0v) is 14.3. The van der Waals surface area contributed by atoms with Gasteiger partial charge in [-0.2, -0.15) is 0 Å². The van der Waals surface area contributed by atoms with Crippen LogP contribution in [0, 0.1) is 0 Å². The van der Waals surface area contributed by atoms with Crippen molar-refractivity contribution in [1.29, 1.82) is 0 Å². The molecule has 1 aromatic heterocycles. The first-order valence-corrected chi connectivity index (χ1v) is 7.50. The molecule has 0 unspecified atom stereocenters. The van der Waals surface area contributed by atoms with E-state index in [1.807, 2.05) is 40.0 Å². The van der Waals surface area contributed by atoms with E-state index in [1.54, 1.807) is 0 Å². The molecule has 5 nitrogen and oxygen atoms in total. The van der Waals surface area contributed by atoms with Crippen LogP contribution in [-0.4, -0.2) is 29.4 Å². The van der Waals surface area contributed by atoms with Gasteiger partial charge in [0.2, 0.25) is 0 Å². The van der Waals surface area contributed by atoms with Crippen molar-refractivity contribution in [1.82, 2.24) is 4.98 Å². The normalized spacial score (nSPS) is 15.0. The standard InChI is InChI=1S/C12H16N2O.C5H10O2/c1-4-11(15)10-5-9-8(6-13-10)12(2,3)7-14-9;1-5(2,3)7-4-6/h5-6,14H,4,7H2,1-3H3;4H,1-3H3. The summed E-state index contributed by atoms with van der Waals surface area (Å²) < 4.78 is 4.55. The van der Waals surface area contributed by atoms with Gasteiger partial charge in [-0.05, 0) is 26.8 Å². The minimum Gasteiger partial charge on any atom is -0.462 e. The highest BCUT2D eigenvalue weighted by atomic mass is 16.5. The summed E-state index contributed by atoms with van der Waals surface area (Å²) in [4.78, 5) is 25.3.